The number of anilines is 3. The van der Waals surface area contributed by atoms with Gasteiger partial charge in [0.2, 0.25) is 0 Å². The molecule has 2 aliphatic heterocycles. The van der Waals surface area contributed by atoms with Gasteiger partial charge in [-0.3, -0.25) is 0 Å². The smallest absolute Gasteiger partial charge is 0.132 e. The molecule has 83 heavy (non-hydrogen) atoms. The number of fused-ring (bicyclic) bond motifs is 18. The van der Waals surface area contributed by atoms with E-state index in [0.717, 1.165) is 84.6 Å². The number of rotatable bonds is 7. The zero-order valence-corrected chi connectivity index (χ0v) is 45.2. The van der Waals surface area contributed by atoms with Crippen molar-refractivity contribution in [3.63, 3.8) is 0 Å². The van der Waals surface area contributed by atoms with E-state index in [1.807, 2.05) is 0 Å². The molecule has 0 amide bonds. The Morgan fingerprint density at radius 2 is 0.566 bits per heavy atom. The van der Waals surface area contributed by atoms with Crippen LogP contribution in [0.3, 0.4) is 0 Å². The van der Waals surface area contributed by atoms with E-state index in [4.69, 9.17) is 9.47 Å². The van der Waals surface area contributed by atoms with E-state index in [0.29, 0.717) is 0 Å². The van der Waals surface area contributed by atoms with Crippen LogP contribution in [0.1, 0.15) is 44.5 Å². The van der Waals surface area contributed by atoms with Crippen LogP contribution in [0.5, 0.6) is 23.0 Å². The van der Waals surface area contributed by atoms with Crippen LogP contribution >= 0.6 is 0 Å². The third-order valence-electron chi connectivity index (χ3n) is 18.1. The third kappa shape index (κ3) is 6.86. The molecule has 0 atom stereocenters. The zero-order chi connectivity index (χ0) is 54.6. The maximum absolute atomic E-state index is 6.73. The normalized spacial score (nSPS) is 13.7. The molecule has 0 saturated carbocycles. The van der Waals surface area contributed by atoms with Gasteiger partial charge in [0.25, 0.3) is 0 Å². The van der Waals surface area contributed by atoms with Crippen LogP contribution < -0.4 is 14.4 Å². The van der Waals surface area contributed by atoms with Gasteiger partial charge in [0.15, 0.2) is 0 Å². The third-order valence-corrected chi connectivity index (χ3v) is 18.1. The lowest BCUT2D eigenvalue weighted by Crippen LogP contribution is -2.32. The van der Waals surface area contributed by atoms with E-state index in [-0.39, 0.29) is 0 Å². The van der Waals surface area contributed by atoms with Gasteiger partial charge in [0, 0.05) is 39.2 Å². The Morgan fingerprint density at radius 3 is 1.11 bits per heavy atom. The van der Waals surface area contributed by atoms with Gasteiger partial charge < -0.3 is 14.4 Å². The van der Waals surface area contributed by atoms with Crippen LogP contribution in [0.4, 0.5) is 17.1 Å². The van der Waals surface area contributed by atoms with E-state index in [1.165, 1.54) is 66.8 Å². The Labute approximate surface area is 483 Å². The van der Waals surface area contributed by atoms with Crippen molar-refractivity contribution >= 4 is 17.1 Å². The van der Waals surface area contributed by atoms with Crippen molar-refractivity contribution in [2.75, 3.05) is 4.90 Å². The van der Waals surface area contributed by atoms with Crippen molar-refractivity contribution in [1.29, 1.82) is 0 Å². The lowest BCUT2D eigenvalue weighted by atomic mass is 9.66. The predicted molar refractivity (Wildman–Crippen MR) is 338 cm³/mol. The first-order chi connectivity index (χ1) is 41.2. The fourth-order valence-corrected chi connectivity index (χ4v) is 14.6. The van der Waals surface area contributed by atoms with Crippen LogP contribution in [0.25, 0.3) is 66.8 Å². The summed E-state index contributed by atoms with van der Waals surface area (Å²) in [6.07, 6.45) is 0. The Kier molecular flexibility index (Phi) is 10.4. The second-order valence-electron chi connectivity index (χ2n) is 22.2. The number of para-hydroxylation sites is 5. The van der Waals surface area contributed by atoms with Crippen molar-refractivity contribution in [3.8, 4) is 89.8 Å². The number of benzene rings is 13. The minimum Gasteiger partial charge on any atom is -0.457 e. The van der Waals surface area contributed by atoms with Crippen LogP contribution in [0, 0.1) is 0 Å². The van der Waals surface area contributed by atoms with E-state index in [9.17, 15) is 0 Å². The molecule has 13 aromatic carbocycles. The van der Waals surface area contributed by atoms with Gasteiger partial charge in [-0.15, -0.1) is 0 Å². The fraction of sp³-hybridized carbons (Fsp3) is 0.0250. The molecule has 4 aliphatic rings. The molecule has 0 bridgehead atoms. The van der Waals surface area contributed by atoms with Crippen LogP contribution in [-0.4, -0.2) is 0 Å². The largest absolute Gasteiger partial charge is 0.457 e. The average molecular weight is 1060 g/mol. The van der Waals surface area contributed by atoms with E-state index >= 15 is 0 Å². The molecular weight excluding hydrogens is 1010 g/mol. The SMILES string of the molecule is c1ccc(-c2ccc(-c3ccc(N(c4ccc(-c5ccc6c(c5)C5(c7ccccc7Oc7ccccc75)c5ccccc5-6)cc4)c4ccccc4-c4cccc5c4-c4ccccc4C54c5ccccc5Oc5ccccc54)cc3)cc2)cc1. The quantitative estimate of drug-likeness (QED) is 0.159. The van der Waals surface area contributed by atoms with E-state index in [1.54, 1.807) is 0 Å². The first kappa shape index (κ1) is 47.1. The molecule has 17 rings (SSSR count). The number of ether oxygens (including phenoxy) is 2. The molecule has 3 heteroatoms. The highest BCUT2D eigenvalue weighted by molar-refractivity contribution is 6.01. The van der Waals surface area contributed by atoms with Crippen LogP contribution in [0.15, 0.2) is 309 Å². The fourth-order valence-electron chi connectivity index (χ4n) is 14.6. The molecule has 2 aliphatic carbocycles. The molecule has 13 aromatic rings. The molecule has 0 saturated heterocycles. The second-order valence-corrected chi connectivity index (χ2v) is 22.2. The van der Waals surface area contributed by atoms with Gasteiger partial charge in [-0.05, 0) is 144 Å². The van der Waals surface area contributed by atoms with Gasteiger partial charge in [-0.2, -0.15) is 0 Å². The highest BCUT2D eigenvalue weighted by Gasteiger charge is 2.53. The summed E-state index contributed by atoms with van der Waals surface area (Å²) in [6.45, 7) is 0. The van der Waals surface area contributed by atoms with Gasteiger partial charge in [-0.1, -0.05) is 249 Å². The van der Waals surface area contributed by atoms with Crippen molar-refractivity contribution < 1.29 is 9.47 Å². The standard InChI is InChI=1S/C80H51NO2/c1-2-19-52(20-3-1)53-37-39-54(40-38-53)55-41-46-58(47-42-55)81(59-48-43-56(44-49-59)57-45-50-61-60-21-4-7-25-65(60)80(72(61)51-57)69-29-11-16-35-76(69)83-77-36-17-12-30-70(77)80)73-32-13-6-22-62(73)63-24-18-31-71-78(63)64-23-5-8-26-66(64)79(71)67-27-9-14-33-74(67)82-75-34-15-10-28-68(75)79/h1-51H. The summed E-state index contributed by atoms with van der Waals surface area (Å²) in [5, 5.41) is 0. The zero-order valence-electron chi connectivity index (χ0n) is 45.2. The van der Waals surface area contributed by atoms with Crippen molar-refractivity contribution in [1.82, 2.24) is 0 Å². The molecule has 0 unspecified atom stereocenters. The van der Waals surface area contributed by atoms with Crippen molar-refractivity contribution in [2.45, 2.75) is 10.8 Å². The number of hydrogen-bond donors (Lipinski definition) is 0. The average Bonchev–Trinajstić information content (AvgIpc) is 2.09. The van der Waals surface area contributed by atoms with E-state index in [2.05, 4.69) is 314 Å². The van der Waals surface area contributed by atoms with Gasteiger partial charge in [0.05, 0.1) is 16.5 Å². The molecule has 0 radical (unpaired) electrons. The maximum atomic E-state index is 6.73. The summed E-state index contributed by atoms with van der Waals surface area (Å²) >= 11 is 0. The first-order valence-corrected chi connectivity index (χ1v) is 28.6. The van der Waals surface area contributed by atoms with E-state index < -0.39 is 10.8 Å². The van der Waals surface area contributed by atoms with Crippen molar-refractivity contribution in [2.24, 2.45) is 0 Å². The highest BCUT2D eigenvalue weighted by atomic mass is 16.5. The summed E-state index contributed by atoms with van der Waals surface area (Å²) in [5.74, 6) is 3.55. The van der Waals surface area contributed by atoms with Crippen LogP contribution in [-0.2, 0) is 10.8 Å². The molecule has 388 valence electrons. The molecule has 0 aromatic heterocycles. The molecule has 0 N–H and O–H groups in total. The topological polar surface area (TPSA) is 21.7 Å². The summed E-state index contributed by atoms with van der Waals surface area (Å²) in [6, 6.07) is 113. The second kappa shape index (κ2) is 18.4. The monoisotopic (exact) mass is 1060 g/mol. The van der Waals surface area contributed by atoms with Gasteiger partial charge >= 0.3 is 0 Å². The molecule has 2 heterocycles. The number of hydrogen-bond acceptors (Lipinski definition) is 3. The minimum atomic E-state index is -0.593. The molecule has 2 spiro atoms. The molecular formula is C80H51NO2. The summed E-state index contributed by atoms with van der Waals surface area (Å²) in [7, 11) is 0. The Bertz CT molecular complexity index is 4640. The number of nitrogens with zero attached hydrogens (tertiary/aromatic N) is 1. The van der Waals surface area contributed by atoms with Crippen LogP contribution in [0.2, 0.25) is 0 Å². The summed E-state index contributed by atoms with van der Waals surface area (Å²) in [5.41, 5.74) is 26.0. The highest BCUT2D eigenvalue weighted by Crippen LogP contribution is 2.65. The van der Waals surface area contributed by atoms with Gasteiger partial charge in [0.1, 0.15) is 23.0 Å². The Balaban J connectivity index is 0.825. The first-order valence-electron chi connectivity index (χ1n) is 28.6. The summed E-state index contributed by atoms with van der Waals surface area (Å²) < 4.78 is 13.4. The maximum Gasteiger partial charge on any atom is 0.132 e. The Morgan fingerprint density at radius 1 is 0.217 bits per heavy atom. The van der Waals surface area contributed by atoms with Gasteiger partial charge in [-0.25, -0.2) is 0 Å². The predicted octanol–water partition coefficient (Wildman–Crippen LogP) is 20.8. The summed E-state index contributed by atoms with van der Waals surface area (Å²) in [4.78, 5) is 2.45. The minimum absolute atomic E-state index is 0.556. The molecule has 3 nitrogen and oxygen atoms in total. The lowest BCUT2D eigenvalue weighted by molar-refractivity contribution is 0.436. The van der Waals surface area contributed by atoms with Crippen molar-refractivity contribution in [3.05, 3.63) is 354 Å². The Hall–Kier alpha value is -10.7. The lowest BCUT2D eigenvalue weighted by Gasteiger charge is -2.39. The molecule has 0 fully saturated rings.